The lowest BCUT2D eigenvalue weighted by atomic mass is 9.80. The molecule has 2 aliphatic rings. The van der Waals surface area contributed by atoms with Crippen LogP contribution in [0.25, 0.3) is 0 Å². The molecule has 6 aromatic carbocycles. The minimum Gasteiger partial charge on any atom is -0.497 e. The minimum absolute atomic E-state index is 0. The van der Waals surface area contributed by atoms with Crippen LogP contribution in [-0.4, -0.2) is 139 Å². The number of H-pyrrole nitrogens is 2. The fraction of sp³-hybridized carbons (Fsp3) is 0.400. The number of hydrogen-bond acceptors (Lipinski definition) is 19. The molecule has 7 unspecified atom stereocenters. The summed E-state index contributed by atoms with van der Waals surface area (Å²) in [5, 5.41) is 25.9. The molecule has 0 bridgehead atoms. The molecule has 5 N–H and O–H groups in total. The Labute approximate surface area is 650 Å². The maximum atomic E-state index is 13.5. The molecule has 8 aromatic rings. The second-order valence-electron chi connectivity index (χ2n) is 26.2. The van der Waals surface area contributed by atoms with Crippen LogP contribution in [0.1, 0.15) is 158 Å². The number of aromatic nitrogens is 4. The molecule has 0 radical (unpaired) electrons. The first kappa shape index (κ1) is 87.8. The van der Waals surface area contributed by atoms with Gasteiger partial charge < -0.3 is 62.7 Å². The molecule has 10 rings (SSSR count). The Kier molecular flexibility index (Phi) is 33.7. The second-order valence-corrected chi connectivity index (χ2v) is 27.6. The molecule has 4 heterocycles. The summed E-state index contributed by atoms with van der Waals surface area (Å²) in [5.41, 5.74) is -0.0297. The molecule has 0 saturated carbocycles. The number of aromatic amines is 2. The maximum absolute atomic E-state index is 13.5. The van der Waals surface area contributed by atoms with Gasteiger partial charge in [0.25, 0.3) is 19.6 Å². The van der Waals surface area contributed by atoms with E-state index in [9.17, 15) is 39.1 Å². The first-order chi connectivity index (χ1) is 52.7. The zero-order valence-corrected chi connectivity index (χ0v) is 63.9. The monoisotopic (exact) mass is 1540 g/mol. The van der Waals surface area contributed by atoms with E-state index in [2.05, 4.69) is 82.7 Å². The van der Waals surface area contributed by atoms with Gasteiger partial charge in [0.1, 0.15) is 70.0 Å². The van der Waals surface area contributed by atoms with E-state index in [1.54, 1.807) is 28.4 Å². The molecular weight excluding hydrogens is 1440 g/mol. The van der Waals surface area contributed by atoms with Gasteiger partial charge in [-0.2, -0.15) is 5.26 Å². The summed E-state index contributed by atoms with van der Waals surface area (Å²) in [7, 11) is 4.69. The van der Waals surface area contributed by atoms with E-state index in [-0.39, 0.29) is 102 Å². The van der Waals surface area contributed by atoms with Crippen molar-refractivity contribution in [3.05, 3.63) is 256 Å². The Bertz CT molecular complexity index is 4600. The number of amides is 2. The summed E-state index contributed by atoms with van der Waals surface area (Å²) in [6, 6.07) is 52.3. The number of aliphatic hydroxyl groups is 1. The summed E-state index contributed by atoms with van der Waals surface area (Å²) >= 11 is 0. The number of nitriles is 1. The quantitative estimate of drug-likeness (QED) is 0.0113. The van der Waals surface area contributed by atoms with Crippen LogP contribution in [-0.2, 0) is 48.8 Å². The van der Waals surface area contributed by atoms with Crippen molar-refractivity contribution >= 4 is 20.3 Å². The van der Waals surface area contributed by atoms with E-state index in [0.29, 0.717) is 48.7 Å². The first-order valence-corrected chi connectivity index (χ1v) is 37.3. The van der Waals surface area contributed by atoms with Crippen molar-refractivity contribution in [3.63, 3.8) is 0 Å². The number of carbonyl (C=O) groups is 2. The standard InChI is InChI=1S/C46H56N5O9P.C37H39N3O8.2CH4/c1-8-14-42(52)48-27-12-15-34-30-50(45(54)49-44(34)53)43-29-40(60-61(58-28-13-26-47)51(32(2)3)33(4)5)41(59-43)31-57-46(35-16-10-9-11-17-35,36-18-22-38(55-6)23-19-36)37-20-24-39(56-7)25-21-37;1-4-9-33(42)38-21-8-10-25-23-40(36(44)39-35(25)43)34-22-31(41)32(48-34)24-47-37(26-11-6-5-7-12-26,27-13-17-29(45-2)18-14-27)28-15-19-30(46-3)20-16-28;;/h9-11,16-25,30,32-33,40-41,43H,8,13-14,27-29,31H2,1-7H3,(H,48,52)(H,49,53,54);5-7,11-20,23,31-32,34,41H,4,9,21-22,24H2,1-3H3,(H,38,42)(H,39,43,44);2*1H4. The van der Waals surface area contributed by atoms with Crippen LogP contribution in [0.2, 0.25) is 0 Å². The minimum atomic E-state index is -1.74. The van der Waals surface area contributed by atoms with Crippen molar-refractivity contribution < 1.29 is 61.6 Å². The highest BCUT2D eigenvalue weighted by molar-refractivity contribution is 7.44. The molecule has 7 atom stereocenters. The first-order valence-electron chi connectivity index (χ1n) is 36.2. The SMILES string of the molecule is C.C.CCCC(=O)NCC#Cc1cn(C2CC(O)C(COC(c3ccccc3)(c3ccc(OC)cc3)c3ccc(OC)cc3)O2)c(=O)[nH]c1=O.CCCC(=O)NCC#Cc1cn(C2CC(OP(OCCC#N)N(C(C)C)C(C)C)C(COC(c3ccccc3)(c3ccc(OC)cc3)c3ccc(OC)cc3)O2)c(=O)[nH]c1=O. The van der Waals surface area contributed by atoms with Crippen molar-refractivity contribution in [1.82, 2.24) is 34.4 Å². The average Bonchev–Trinajstić information content (AvgIpc) is 1.67. The largest absolute Gasteiger partial charge is 0.497 e. The van der Waals surface area contributed by atoms with Gasteiger partial charge in [0.15, 0.2) is 0 Å². The van der Waals surface area contributed by atoms with E-state index in [1.807, 2.05) is 172 Å². The molecule has 25 nitrogen and oxygen atoms in total. The highest BCUT2D eigenvalue weighted by Gasteiger charge is 2.46. The van der Waals surface area contributed by atoms with E-state index < -0.39 is 79.1 Å². The van der Waals surface area contributed by atoms with Gasteiger partial charge in [-0.1, -0.05) is 162 Å². The summed E-state index contributed by atoms with van der Waals surface area (Å²) in [5.74, 6) is 13.5. The van der Waals surface area contributed by atoms with Crippen molar-refractivity contribution in [2.24, 2.45) is 0 Å². The number of benzene rings is 6. The normalized spacial score (nSPS) is 16.7. The number of nitrogens with one attached hydrogen (secondary N) is 4. The molecule has 2 saturated heterocycles. The number of methoxy groups -OCH3 is 4. The van der Waals surface area contributed by atoms with Gasteiger partial charge in [-0.05, 0) is 122 Å². The van der Waals surface area contributed by atoms with Gasteiger partial charge in [0.05, 0.1) is 86.0 Å². The molecule has 590 valence electrons. The molecular formula is C85H103N8O17P. The molecule has 0 spiro atoms. The topological polar surface area (TPSA) is 307 Å². The van der Waals surface area contributed by atoms with Crippen LogP contribution in [0, 0.1) is 35.0 Å². The second kappa shape index (κ2) is 42.6. The number of rotatable bonds is 32. The summed E-state index contributed by atoms with van der Waals surface area (Å²) in [4.78, 5) is 80.1. The lowest BCUT2D eigenvalue weighted by Crippen LogP contribution is -2.39. The van der Waals surface area contributed by atoms with E-state index in [1.165, 1.54) is 21.5 Å². The number of ether oxygens (including phenoxy) is 8. The van der Waals surface area contributed by atoms with E-state index in [0.717, 1.165) is 33.4 Å². The predicted octanol–water partition coefficient (Wildman–Crippen LogP) is 11.5. The average molecular weight is 1540 g/mol. The smallest absolute Gasteiger partial charge is 0.330 e. The third kappa shape index (κ3) is 22.2. The molecule has 111 heavy (non-hydrogen) atoms. The summed E-state index contributed by atoms with van der Waals surface area (Å²) in [6.45, 7) is 12.2. The lowest BCUT2D eigenvalue weighted by molar-refractivity contribution is -0.121. The van der Waals surface area contributed by atoms with E-state index >= 15 is 0 Å². The summed E-state index contributed by atoms with van der Waals surface area (Å²) in [6.07, 6.45) is 0.158. The molecule has 26 heteroatoms. The van der Waals surface area contributed by atoms with Gasteiger partial charge in [-0.3, -0.25) is 38.3 Å². The fourth-order valence-electron chi connectivity index (χ4n) is 12.9. The fourth-order valence-corrected chi connectivity index (χ4v) is 14.7. The molecule has 0 aliphatic carbocycles. The van der Waals surface area contributed by atoms with Crippen LogP contribution < -0.4 is 52.1 Å². The van der Waals surface area contributed by atoms with Crippen LogP contribution >= 0.6 is 8.53 Å². The number of aliphatic hydroxyl groups excluding tert-OH is 1. The van der Waals surface area contributed by atoms with Gasteiger partial charge in [0.2, 0.25) is 11.8 Å². The predicted molar refractivity (Wildman–Crippen MR) is 425 cm³/mol. The summed E-state index contributed by atoms with van der Waals surface area (Å²) < 4.78 is 66.9. The van der Waals surface area contributed by atoms with Gasteiger partial charge in [-0.25, -0.2) is 14.3 Å². The third-order valence-corrected chi connectivity index (χ3v) is 20.4. The highest BCUT2D eigenvalue weighted by atomic mass is 31.2. The van der Waals surface area contributed by atoms with Crippen molar-refractivity contribution in [3.8, 4) is 52.7 Å². The molecule has 2 fully saturated rings. The van der Waals surface area contributed by atoms with Gasteiger partial charge in [-0.15, -0.1) is 0 Å². The maximum Gasteiger partial charge on any atom is 0.330 e. The van der Waals surface area contributed by atoms with Crippen LogP contribution in [0.5, 0.6) is 23.0 Å². The van der Waals surface area contributed by atoms with Crippen molar-refractivity contribution in [2.75, 3.05) is 61.3 Å². The van der Waals surface area contributed by atoms with Crippen LogP contribution in [0.4, 0.5) is 0 Å². The van der Waals surface area contributed by atoms with E-state index in [4.69, 9.17) is 46.9 Å². The Morgan fingerprint density at radius 2 is 0.928 bits per heavy atom. The highest BCUT2D eigenvalue weighted by Crippen LogP contribution is 2.51. The Morgan fingerprint density at radius 3 is 1.29 bits per heavy atom. The van der Waals surface area contributed by atoms with Crippen molar-refractivity contribution in [1.29, 1.82) is 5.26 Å². The Morgan fingerprint density at radius 1 is 0.568 bits per heavy atom. The zero-order chi connectivity index (χ0) is 78.0. The molecule has 2 aliphatic heterocycles. The molecule has 2 amide bonds. The lowest BCUT2D eigenvalue weighted by Gasteiger charge is -2.39. The third-order valence-electron chi connectivity index (χ3n) is 18.3. The van der Waals surface area contributed by atoms with Crippen LogP contribution in [0.3, 0.4) is 0 Å². The van der Waals surface area contributed by atoms with Gasteiger partial charge in [0, 0.05) is 50.2 Å². The number of nitrogens with zero attached hydrogens (tertiary/aromatic N) is 4. The zero-order valence-electron chi connectivity index (χ0n) is 63.0. The van der Waals surface area contributed by atoms with Gasteiger partial charge >= 0.3 is 11.4 Å². The number of carbonyl (C=O) groups excluding carboxylic acids is 2. The molecule has 2 aromatic heterocycles. The van der Waals surface area contributed by atoms with Crippen molar-refractivity contribution in [2.45, 2.75) is 161 Å². The van der Waals surface area contributed by atoms with Crippen LogP contribution in [0.15, 0.2) is 189 Å². The Balaban J connectivity index is 0.000000311. The number of hydrogen-bond donors (Lipinski definition) is 5. The Hall–Kier alpha value is -10.5.